The summed E-state index contributed by atoms with van der Waals surface area (Å²) >= 11 is 0. The highest BCUT2D eigenvalue weighted by Crippen LogP contribution is 2.06. The second kappa shape index (κ2) is 6.40. The summed E-state index contributed by atoms with van der Waals surface area (Å²) in [6.45, 7) is 4.11. The average molecular weight is 219 g/mol. The van der Waals surface area contributed by atoms with Gasteiger partial charge < -0.3 is 15.6 Å². The Kier molecular flexibility index (Phi) is 5.15. The second-order valence-electron chi connectivity index (χ2n) is 4.28. The molecule has 0 saturated carbocycles. The van der Waals surface area contributed by atoms with E-state index in [1.807, 2.05) is 19.2 Å². The van der Waals surface area contributed by atoms with Gasteiger partial charge in [-0.05, 0) is 38.2 Å². The van der Waals surface area contributed by atoms with E-state index in [0.29, 0.717) is 6.04 Å². The van der Waals surface area contributed by atoms with Crippen LogP contribution < -0.4 is 5.32 Å². The first-order valence-corrected chi connectivity index (χ1v) is 5.61. The van der Waals surface area contributed by atoms with Crippen LogP contribution in [0.25, 0.3) is 0 Å². The zero-order valence-electron chi connectivity index (χ0n) is 10.3. The number of benzene rings is 1. The van der Waals surface area contributed by atoms with E-state index in [4.69, 9.17) is 5.41 Å². The lowest BCUT2D eigenvalue weighted by Crippen LogP contribution is -2.34. The molecule has 0 aliphatic heterocycles. The molecule has 1 atom stereocenters. The van der Waals surface area contributed by atoms with Crippen LogP contribution in [0.5, 0.6) is 0 Å². The van der Waals surface area contributed by atoms with E-state index in [1.54, 1.807) is 0 Å². The molecule has 0 radical (unpaired) electrons. The molecule has 0 aromatic heterocycles. The fourth-order valence-electron chi connectivity index (χ4n) is 1.72. The van der Waals surface area contributed by atoms with Gasteiger partial charge in [0, 0.05) is 25.3 Å². The minimum Gasteiger partial charge on any atom is -0.316 e. The Balaban J connectivity index is 2.55. The molecule has 1 unspecified atom stereocenters. The number of hydrogen-bond acceptors (Lipinski definition) is 3. The van der Waals surface area contributed by atoms with Crippen molar-refractivity contribution in [2.75, 3.05) is 20.6 Å². The van der Waals surface area contributed by atoms with Crippen molar-refractivity contribution >= 4 is 6.21 Å². The second-order valence-corrected chi connectivity index (χ2v) is 4.28. The van der Waals surface area contributed by atoms with Crippen LogP contribution in [0.3, 0.4) is 0 Å². The van der Waals surface area contributed by atoms with Crippen molar-refractivity contribution < 1.29 is 0 Å². The molecule has 0 aliphatic rings. The van der Waals surface area contributed by atoms with Crippen molar-refractivity contribution in [1.29, 1.82) is 5.41 Å². The number of rotatable bonds is 6. The third-order valence-corrected chi connectivity index (χ3v) is 2.65. The van der Waals surface area contributed by atoms with Crippen molar-refractivity contribution in [1.82, 2.24) is 10.2 Å². The summed E-state index contributed by atoms with van der Waals surface area (Å²) in [5, 5.41) is 10.4. The van der Waals surface area contributed by atoms with Crippen LogP contribution in [-0.2, 0) is 6.54 Å². The highest BCUT2D eigenvalue weighted by atomic mass is 15.1. The summed E-state index contributed by atoms with van der Waals surface area (Å²) in [6.07, 6.45) is 1.39. The summed E-state index contributed by atoms with van der Waals surface area (Å²) < 4.78 is 0. The van der Waals surface area contributed by atoms with Gasteiger partial charge in [0.1, 0.15) is 0 Å². The first-order chi connectivity index (χ1) is 7.65. The predicted molar refractivity (Wildman–Crippen MR) is 69.2 cm³/mol. The lowest BCUT2D eigenvalue weighted by molar-refractivity contribution is 0.295. The van der Waals surface area contributed by atoms with E-state index in [0.717, 1.165) is 18.7 Å². The van der Waals surface area contributed by atoms with Crippen LogP contribution in [-0.4, -0.2) is 37.8 Å². The van der Waals surface area contributed by atoms with E-state index < -0.39 is 0 Å². The van der Waals surface area contributed by atoms with Gasteiger partial charge in [-0.2, -0.15) is 0 Å². The molecule has 3 heteroatoms. The van der Waals surface area contributed by atoms with Crippen molar-refractivity contribution in [3.8, 4) is 0 Å². The van der Waals surface area contributed by atoms with Crippen molar-refractivity contribution in [3.05, 3.63) is 35.4 Å². The first-order valence-electron chi connectivity index (χ1n) is 5.61. The Morgan fingerprint density at radius 3 is 2.88 bits per heavy atom. The van der Waals surface area contributed by atoms with E-state index in [9.17, 15) is 0 Å². The third-order valence-electron chi connectivity index (χ3n) is 2.65. The Hall–Kier alpha value is -1.19. The summed E-state index contributed by atoms with van der Waals surface area (Å²) in [5.41, 5.74) is 2.22. The van der Waals surface area contributed by atoms with Crippen molar-refractivity contribution in [3.63, 3.8) is 0 Å². The molecule has 2 N–H and O–H groups in total. The normalized spacial score (nSPS) is 12.8. The van der Waals surface area contributed by atoms with Gasteiger partial charge in [0.2, 0.25) is 0 Å². The Morgan fingerprint density at radius 2 is 2.25 bits per heavy atom. The largest absolute Gasteiger partial charge is 0.316 e. The molecule has 1 rings (SSSR count). The minimum absolute atomic E-state index is 0.496. The monoisotopic (exact) mass is 219 g/mol. The molecule has 3 nitrogen and oxygen atoms in total. The molecule has 0 saturated heterocycles. The standard InChI is InChI=1S/C13H21N3/c1-11(15-2)9-16(3)10-13-6-4-5-12(7-13)8-14/h4-8,11,14-15H,9-10H2,1-3H3. The van der Waals surface area contributed by atoms with Crippen LogP contribution in [0, 0.1) is 5.41 Å². The number of nitrogens with zero attached hydrogens (tertiary/aromatic N) is 1. The van der Waals surface area contributed by atoms with Gasteiger partial charge in [-0.1, -0.05) is 18.2 Å². The summed E-state index contributed by atoms with van der Waals surface area (Å²) in [5.74, 6) is 0. The zero-order chi connectivity index (χ0) is 12.0. The lowest BCUT2D eigenvalue weighted by Gasteiger charge is -2.21. The van der Waals surface area contributed by atoms with Crippen molar-refractivity contribution in [2.45, 2.75) is 19.5 Å². The maximum absolute atomic E-state index is 7.22. The molecule has 0 bridgehead atoms. The lowest BCUT2D eigenvalue weighted by atomic mass is 10.1. The van der Waals surface area contributed by atoms with Gasteiger partial charge in [-0.15, -0.1) is 0 Å². The van der Waals surface area contributed by atoms with Crippen molar-refractivity contribution in [2.24, 2.45) is 0 Å². The molecule has 0 amide bonds. The zero-order valence-corrected chi connectivity index (χ0v) is 10.3. The molecule has 0 spiro atoms. The average Bonchev–Trinajstić information content (AvgIpc) is 2.28. The summed E-state index contributed by atoms with van der Waals surface area (Å²) in [7, 11) is 4.10. The maximum atomic E-state index is 7.22. The minimum atomic E-state index is 0.496. The van der Waals surface area contributed by atoms with Crippen LogP contribution >= 0.6 is 0 Å². The molecular weight excluding hydrogens is 198 g/mol. The summed E-state index contributed by atoms with van der Waals surface area (Å²) in [4.78, 5) is 2.28. The van der Waals surface area contributed by atoms with Gasteiger partial charge in [-0.25, -0.2) is 0 Å². The Morgan fingerprint density at radius 1 is 1.50 bits per heavy atom. The number of nitrogens with one attached hydrogen (secondary N) is 2. The van der Waals surface area contributed by atoms with Gasteiger partial charge in [0.05, 0.1) is 0 Å². The Labute approximate surface area is 98.0 Å². The van der Waals surface area contributed by atoms with Crippen LogP contribution in [0.1, 0.15) is 18.1 Å². The van der Waals surface area contributed by atoms with E-state index in [-0.39, 0.29) is 0 Å². The Bertz CT molecular complexity index is 336. The van der Waals surface area contributed by atoms with Gasteiger partial charge in [0.15, 0.2) is 0 Å². The molecule has 1 aromatic rings. The van der Waals surface area contributed by atoms with Crippen LogP contribution in [0.15, 0.2) is 24.3 Å². The third kappa shape index (κ3) is 4.13. The molecule has 0 fully saturated rings. The molecule has 0 heterocycles. The smallest absolute Gasteiger partial charge is 0.0250 e. The van der Waals surface area contributed by atoms with E-state index in [1.165, 1.54) is 11.8 Å². The maximum Gasteiger partial charge on any atom is 0.0250 e. The molecule has 16 heavy (non-hydrogen) atoms. The first kappa shape index (κ1) is 12.9. The van der Waals surface area contributed by atoms with Crippen LogP contribution in [0.4, 0.5) is 0 Å². The highest BCUT2D eigenvalue weighted by molar-refractivity contribution is 5.77. The predicted octanol–water partition coefficient (Wildman–Crippen LogP) is 1.72. The quantitative estimate of drug-likeness (QED) is 0.715. The van der Waals surface area contributed by atoms with Gasteiger partial charge in [-0.3, -0.25) is 0 Å². The highest BCUT2D eigenvalue weighted by Gasteiger charge is 2.04. The molecule has 88 valence electrons. The fourth-order valence-corrected chi connectivity index (χ4v) is 1.72. The van der Waals surface area contributed by atoms with E-state index in [2.05, 4.69) is 36.3 Å². The van der Waals surface area contributed by atoms with Crippen LogP contribution in [0.2, 0.25) is 0 Å². The van der Waals surface area contributed by atoms with Gasteiger partial charge in [0.25, 0.3) is 0 Å². The molecule has 1 aromatic carbocycles. The summed E-state index contributed by atoms with van der Waals surface area (Å²) in [6, 6.07) is 8.62. The molecular formula is C13H21N3. The topological polar surface area (TPSA) is 39.1 Å². The van der Waals surface area contributed by atoms with Gasteiger partial charge >= 0.3 is 0 Å². The number of hydrogen-bond donors (Lipinski definition) is 2. The number of likely N-dealkylation sites (N-methyl/N-ethyl adjacent to an activating group) is 2. The van der Waals surface area contributed by atoms with E-state index >= 15 is 0 Å². The SMILES string of the molecule is CNC(C)CN(C)Cc1cccc(C=N)c1. The fraction of sp³-hybridized carbons (Fsp3) is 0.462. The molecule has 0 aliphatic carbocycles.